The van der Waals surface area contributed by atoms with Crippen molar-refractivity contribution in [1.82, 2.24) is 0 Å². The summed E-state index contributed by atoms with van der Waals surface area (Å²) in [6.07, 6.45) is 1.53. The van der Waals surface area contributed by atoms with Crippen molar-refractivity contribution in [3.63, 3.8) is 0 Å². The summed E-state index contributed by atoms with van der Waals surface area (Å²) in [4.78, 5) is 10.9. The van der Waals surface area contributed by atoms with Crippen LogP contribution in [0.3, 0.4) is 0 Å². The van der Waals surface area contributed by atoms with E-state index < -0.39 is 0 Å². The highest BCUT2D eigenvalue weighted by Gasteiger charge is 2.08. The Bertz CT molecular complexity index is 139. The molecule has 1 unspecified atom stereocenters. The smallest absolute Gasteiger partial charge is 0.306 e. The summed E-state index contributed by atoms with van der Waals surface area (Å²) in [6.45, 7) is 2.83. The number of thioether (sulfide) groups is 1. The molecule has 78 valence electrons. The molecule has 3 nitrogen and oxygen atoms in total. The Kier molecular flexibility index (Phi) is 8.24. The lowest BCUT2D eigenvalue weighted by atomic mass is 10.3. The first-order chi connectivity index (χ1) is 6.20. The van der Waals surface area contributed by atoms with Gasteiger partial charge in [-0.3, -0.25) is 4.79 Å². The summed E-state index contributed by atoms with van der Waals surface area (Å²) in [5.74, 6) is 0.901. The minimum absolute atomic E-state index is 0.133. The van der Waals surface area contributed by atoms with Gasteiger partial charge in [0.1, 0.15) is 0 Å². The van der Waals surface area contributed by atoms with Gasteiger partial charge in [-0.2, -0.15) is 11.8 Å². The number of esters is 1. The lowest BCUT2D eigenvalue weighted by molar-refractivity contribution is -0.140. The van der Waals surface area contributed by atoms with E-state index in [0.717, 1.165) is 18.8 Å². The zero-order valence-electron chi connectivity index (χ0n) is 8.54. The third kappa shape index (κ3) is 8.12. The molecule has 0 bridgehead atoms. The maximum absolute atomic E-state index is 10.9. The van der Waals surface area contributed by atoms with Crippen LogP contribution in [0.2, 0.25) is 0 Å². The first-order valence-electron chi connectivity index (χ1n) is 4.38. The van der Waals surface area contributed by atoms with Crippen LogP contribution in [0.1, 0.15) is 19.8 Å². The van der Waals surface area contributed by atoms with Gasteiger partial charge in [0.15, 0.2) is 0 Å². The van der Waals surface area contributed by atoms with Crippen LogP contribution in [0.4, 0.5) is 0 Å². The molecular weight excluding hydrogens is 188 g/mol. The average molecular weight is 206 g/mol. The average Bonchev–Trinajstić information content (AvgIpc) is 2.12. The molecule has 0 saturated carbocycles. The van der Waals surface area contributed by atoms with Crippen molar-refractivity contribution >= 4 is 17.7 Å². The molecule has 0 aliphatic carbocycles. The molecule has 0 fully saturated rings. The molecular formula is C9H18O3S. The second kappa shape index (κ2) is 8.38. The molecule has 0 aliphatic heterocycles. The van der Waals surface area contributed by atoms with E-state index in [4.69, 9.17) is 4.74 Å². The van der Waals surface area contributed by atoms with Gasteiger partial charge in [0.25, 0.3) is 0 Å². The van der Waals surface area contributed by atoms with Crippen molar-refractivity contribution in [3.8, 4) is 0 Å². The molecule has 0 N–H and O–H groups in total. The van der Waals surface area contributed by atoms with Gasteiger partial charge in [0.05, 0.1) is 13.5 Å². The van der Waals surface area contributed by atoms with Crippen molar-refractivity contribution in [2.75, 3.05) is 26.6 Å². The zero-order valence-corrected chi connectivity index (χ0v) is 9.36. The van der Waals surface area contributed by atoms with Crippen LogP contribution >= 0.6 is 11.8 Å². The van der Waals surface area contributed by atoms with Crippen molar-refractivity contribution in [3.05, 3.63) is 0 Å². The van der Waals surface area contributed by atoms with E-state index in [1.54, 1.807) is 18.9 Å². The Morgan fingerprint density at radius 2 is 2.15 bits per heavy atom. The van der Waals surface area contributed by atoms with E-state index >= 15 is 0 Å². The molecule has 0 saturated heterocycles. The van der Waals surface area contributed by atoms with E-state index in [9.17, 15) is 4.79 Å². The second-order valence-corrected chi connectivity index (χ2v) is 4.35. The Morgan fingerprint density at radius 1 is 1.46 bits per heavy atom. The number of carbonyl (C=O) groups is 1. The van der Waals surface area contributed by atoms with Crippen LogP contribution in [0.15, 0.2) is 0 Å². The van der Waals surface area contributed by atoms with Crippen molar-refractivity contribution in [1.29, 1.82) is 0 Å². The van der Waals surface area contributed by atoms with E-state index in [2.05, 4.69) is 4.74 Å². The number of ether oxygens (including phenoxy) is 2. The Morgan fingerprint density at radius 3 is 2.69 bits per heavy atom. The lowest BCUT2D eigenvalue weighted by Crippen LogP contribution is -2.09. The molecule has 0 aliphatic rings. The van der Waals surface area contributed by atoms with Crippen molar-refractivity contribution in [2.45, 2.75) is 25.0 Å². The summed E-state index contributed by atoms with van der Waals surface area (Å²) in [5.41, 5.74) is 0. The normalized spacial score (nSPS) is 12.5. The molecule has 0 spiro atoms. The fourth-order valence-corrected chi connectivity index (χ4v) is 1.81. The van der Waals surface area contributed by atoms with E-state index in [1.807, 2.05) is 6.92 Å². The Labute approximate surface area is 84.2 Å². The van der Waals surface area contributed by atoms with Gasteiger partial charge in [-0.15, -0.1) is 0 Å². The number of carbonyl (C=O) groups excluding carboxylic acids is 1. The molecule has 4 heteroatoms. The zero-order chi connectivity index (χ0) is 10.1. The summed E-state index contributed by atoms with van der Waals surface area (Å²) in [6, 6.07) is 0. The number of rotatable bonds is 7. The summed E-state index contributed by atoms with van der Waals surface area (Å²) in [7, 11) is 3.12. The number of hydrogen-bond acceptors (Lipinski definition) is 4. The lowest BCUT2D eigenvalue weighted by Gasteiger charge is -2.08. The Balaban J connectivity index is 3.29. The molecule has 1 atom stereocenters. The minimum Gasteiger partial charge on any atom is -0.469 e. The van der Waals surface area contributed by atoms with Gasteiger partial charge in [-0.05, 0) is 12.2 Å². The first-order valence-corrected chi connectivity index (χ1v) is 5.43. The van der Waals surface area contributed by atoms with Gasteiger partial charge < -0.3 is 9.47 Å². The monoisotopic (exact) mass is 206 g/mol. The quantitative estimate of drug-likeness (QED) is 0.469. The Hall–Kier alpha value is -0.220. The minimum atomic E-state index is -0.133. The predicted molar refractivity (Wildman–Crippen MR) is 55.0 cm³/mol. The van der Waals surface area contributed by atoms with Gasteiger partial charge >= 0.3 is 5.97 Å². The topological polar surface area (TPSA) is 35.5 Å². The molecule has 0 rings (SSSR count). The van der Waals surface area contributed by atoms with Gasteiger partial charge in [-0.25, -0.2) is 0 Å². The van der Waals surface area contributed by atoms with Gasteiger partial charge in [0.2, 0.25) is 0 Å². The standard InChI is InChI=1S/C9H18O3S/c1-8(7-9(10)12-3)13-6-4-5-11-2/h8H,4-7H2,1-3H3. The van der Waals surface area contributed by atoms with Crippen LogP contribution in [0.5, 0.6) is 0 Å². The predicted octanol–water partition coefficient (Wildman–Crippen LogP) is 1.71. The number of hydrogen-bond donors (Lipinski definition) is 0. The highest BCUT2D eigenvalue weighted by Crippen LogP contribution is 2.15. The fourth-order valence-electron chi connectivity index (χ4n) is 0.865. The maximum Gasteiger partial charge on any atom is 0.306 e. The molecule has 0 aromatic carbocycles. The first kappa shape index (κ1) is 12.8. The third-order valence-electron chi connectivity index (χ3n) is 1.58. The SMILES string of the molecule is COCCCSC(C)CC(=O)OC. The van der Waals surface area contributed by atoms with Gasteiger partial charge in [0, 0.05) is 19.0 Å². The second-order valence-electron chi connectivity index (χ2n) is 2.81. The summed E-state index contributed by atoms with van der Waals surface area (Å²) in [5, 5.41) is 0.337. The molecule has 13 heavy (non-hydrogen) atoms. The van der Waals surface area contributed by atoms with E-state index in [0.29, 0.717) is 11.7 Å². The van der Waals surface area contributed by atoms with Crippen LogP contribution in [0, 0.1) is 0 Å². The molecule has 0 heterocycles. The van der Waals surface area contributed by atoms with Crippen LogP contribution in [-0.4, -0.2) is 37.8 Å². The number of methoxy groups -OCH3 is 2. The van der Waals surface area contributed by atoms with Crippen molar-refractivity contribution < 1.29 is 14.3 Å². The van der Waals surface area contributed by atoms with E-state index in [1.165, 1.54) is 7.11 Å². The summed E-state index contributed by atoms with van der Waals surface area (Å²) >= 11 is 1.78. The van der Waals surface area contributed by atoms with Gasteiger partial charge in [-0.1, -0.05) is 6.92 Å². The summed E-state index contributed by atoms with van der Waals surface area (Å²) < 4.78 is 9.49. The van der Waals surface area contributed by atoms with Crippen LogP contribution in [-0.2, 0) is 14.3 Å². The molecule has 0 aromatic heterocycles. The highest BCUT2D eigenvalue weighted by molar-refractivity contribution is 7.99. The molecule has 0 radical (unpaired) electrons. The third-order valence-corrected chi connectivity index (χ3v) is 2.84. The largest absolute Gasteiger partial charge is 0.469 e. The van der Waals surface area contributed by atoms with Crippen molar-refractivity contribution in [2.24, 2.45) is 0 Å². The maximum atomic E-state index is 10.9. The highest BCUT2D eigenvalue weighted by atomic mass is 32.2. The van der Waals surface area contributed by atoms with E-state index in [-0.39, 0.29) is 5.97 Å². The molecule has 0 amide bonds. The molecule has 0 aromatic rings. The van der Waals surface area contributed by atoms with Crippen LogP contribution < -0.4 is 0 Å². The van der Waals surface area contributed by atoms with Crippen LogP contribution in [0.25, 0.3) is 0 Å². The fraction of sp³-hybridized carbons (Fsp3) is 0.889.